The molecule has 0 spiro atoms. The lowest BCUT2D eigenvalue weighted by Crippen LogP contribution is -2.02. The minimum absolute atomic E-state index is 0.0164. The van der Waals surface area contributed by atoms with Crippen LogP contribution in [0.5, 0.6) is 17.2 Å². The Kier molecular flexibility index (Phi) is 6.16. The van der Waals surface area contributed by atoms with Crippen molar-refractivity contribution >= 4 is 11.9 Å². The fraction of sp³-hybridized carbons (Fsp3) is 0. The van der Waals surface area contributed by atoms with Gasteiger partial charge in [-0.25, -0.2) is 22.8 Å². The van der Waals surface area contributed by atoms with Crippen LogP contribution in [-0.2, 0) is 0 Å². The molecule has 3 N–H and O–H groups in total. The number of phenols is 1. The lowest BCUT2D eigenvalue weighted by Gasteiger charge is -2.15. The van der Waals surface area contributed by atoms with Gasteiger partial charge in [0.05, 0.1) is 0 Å². The van der Waals surface area contributed by atoms with Gasteiger partial charge >= 0.3 is 11.9 Å². The van der Waals surface area contributed by atoms with Crippen molar-refractivity contribution in [1.29, 1.82) is 0 Å². The Hall–Kier alpha value is -4.79. The van der Waals surface area contributed by atoms with Gasteiger partial charge in [-0.05, 0) is 59.7 Å². The highest BCUT2D eigenvalue weighted by atomic mass is 19.1. The Morgan fingerprint density at radius 2 is 1.23 bits per heavy atom. The zero-order valence-electron chi connectivity index (χ0n) is 17.6. The van der Waals surface area contributed by atoms with Crippen molar-refractivity contribution in [2.24, 2.45) is 0 Å². The number of halogens is 3. The molecule has 0 fully saturated rings. The molecule has 0 aliphatic carbocycles. The Morgan fingerprint density at radius 3 is 1.89 bits per heavy atom. The Balaban J connectivity index is 1.85. The minimum Gasteiger partial charge on any atom is -0.507 e. The first kappa shape index (κ1) is 23.4. The SMILES string of the molecule is O=C(O)c1cc(-c2ccc(F)cc2Oc2cc(-c3ccc(F)cc3F)ccc2C(=O)O)ccc1O. The summed E-state index contributed by atoms with van der Waals surface area (Å²) in [7, 11) is 0. The highest BCUT2D eigenvalue weighted by molar-refractivity contribution is 5.94. The van der Waals surface area contributed by atoms with Crippen LogP contribution in [-0.4, -0.2) is 27.3 Å². The molecule has 176 valence electrons. The van der Waals surface area contributed by atoms with Gasteiger partial charge in [0.15, 0.2) is 0 Å². The first-order valence-electron chi connectivity index (χ1n) is 10.0. The second-order valence-electron chi connectivity index (χ2n) is 7.42. The number of ether oxygens (including phenoxy) is 1. The van der Waals surface area contributed by atoms with E-state index in [0.29, 0.717) is 6.07 Å². The molecule has 0 aliphatic heterocycles. The molecular weight excluding hydrogens is 465 g/mol. The number of hydrogen-bond donors (Lipinski definition) is 3. The minimum atomic E-state index is -1.39. The van der Waals surface area contributed by atoms with Gasteiger partial charge in [-0.1, -0.05) is 12.1 Å². The molecule has 0 saturated heterocycles. The zero-order chi connectivity index (χ0) is 25.3. The standard InChI is InChI=1S/C26H15F3O6/c27-15-3-6-17(21(29)11-15)14-1-5-19(25(31)32)23(10-14)35-24-12-16(28)4-7-18(24)13-2-8-22(30)20(9-13)26(33)34/h1-12,30H,(H,31,32)(H,33,34). The molecular formula is C26H15F3O6. The van der Waals surface area contributed by atoms with Crippen molar-refractivity contribution in [1.82, 2.24) is 0 Å². The van der Waals surface area contributed by atoms with E-state index in [1.807, 2.05) is 0 Å². The van der Waals surface area contributed by atoms with Crippen molar-refractivity contribution in [2.45, 2.75) is 0 Å². The van der Waals surface area contributed by atoms with Gasteiger partial charge in [-0.2, -0.15) is 0 Å². The molecule has 4 aromatic carbocycles. The number of aromatic hydroxyl groups is 1. The molecule has 6 nitrogen and oxygen atoms in total. The molecule has 35 heavy (non-hydrogen) atoms. The van der Waals surface area contributed by atoms with Crippen molar-refractivity contribution in [3.05, 3.63) is 101 Å². The number of rotatable bonds is 6. The number of carbonyl (C=O) groups is 2. The Bertz CT molecular complexity index is 1480. The van der Waals surface area contributed by atoms with Crippen LogP contribution in [0.1, 0.15) is 20.7 Å². The predicted octanol–water partition coefficient (Wildman–Crippen LogP) is 6.33. The van der Waals surface area contributed by atoms with Crippen LogP contribution in [0.4, 0.5) is 13.2 Å². The molecule has 9 heteroatoms. The maximum Gasteiger partial charge on any atom is 0.339 e. The third-order valence-corrected chi connectivity index (χ3v) is 5.16. The van der Waals surface area contributed by atoms with E-state index in [1.165, 1.54) is 30.3 Å². The molecule has 0 saturated carbocycles. The number of carboxylic acids is 2. The van der Waals surface area contributed by atoms with E-state index in [9.17, 15) is 38.1 Å². The maximum atomic E-state index is 14.3. The highest BCUT2D eigenvalue weighted by Crippen LogP contribution is 2.38. The van der Waals surface area contributed by atoms with Gasteiger partial charge in [-0.15, -0.1) is 0 Å². The second kappa shape index (κ2) is 9.22. The van der Waals surface area contributed by atoms with Crippen molar-refractivity contribution < 1.29 is 42.8 Å². The Labute approximate surface area is 196 Å². The quantitative estimate of drug-likeness (QED) is 0.298. The summed E-state index contributed by atoms with van der Waals surface area (Å²) in [4.78, 5) is 23.2. The summed E-state index contributed by atoms with van der Waals surface area (Å²) < 4.78 is 47.5. The zero-order valence-corrected chi connectivity index (χ0v) is 17.6. The molecule has 4 aromatic rings. The van der Waals surface area contributed by atoms with Crippen LogP contribution in [0, 0.1) is 17.5 Å². The summed E-state index contributed by atoms with van der Waals surface area (Å²) in [5, 5.41) is 28.7. The van der Waals surface area contributed by atoms with Crippen molar-refractivity contribution in [2.75, 3.05) is 0 Å². The summed E-state index contributed by atoms with van der Waals surface area (Å²) in [5.41, 5.74) is -0.117. The molecule has 0 atom stereocenters. The fourth-order valence-electron chi connectivity index (χ4n) is 3.49. The van der Waals surface area contributed by atoms with E-state index in [2.05, 4.69) is 0 Å². The monoisotopic (exact) mass is 480 g/mol. The summed E-state index contributed by atoms with van der Waals surface area (Å²) in [5.74, 6) is -6.06. The number of carboxylic acid groups (broad SMARTS) is 2. The van der Waals surface area contributed by atoms with E-state index in [0.717, 1.165) is 36.4 Å². The smallest absolute Gasteiger partial charge is 0.339 e. The summed E-state index contributed by atoms with van der Waals surface area (Å²) in [6.45, 7) is 0. The molecule has 0 heterocycles. The van der Waals surface area contributed by atoms with Gasteiger partial charge in [0.25, 0.3) is 0 Å². The summed E-state index contributed by atoms with van der Waals surface area (Å²) >= 11 is 0. The fourth-order valence-corrected chi connectivity index (χ4v) is 3.49. The average Bonchev–Trinajstić information content (AvgIpc) is 2.79. The molecule has 0 unspecified atom stereocenters. The second-order valence-corrected chi connectivity index (χ2v) is 7.42. The third-order valence-electron chi connectivity index (χ3n) is 5.16. The van der Waals surface area contributed by atoms with Gasteiger partial charge in [-0.3, -0.25) is 0 Å². The van der Waals surface area contributed by atoms with Gasteiger partial charge in [0.1, 0.15) is 45.8 Å². The van der Waals surface area contributed by atoms with E-state index in [4.69, 9.17) is 4.74 Å². The van der Waals surface area contributed by atoms with Gasteiger partial charge in [0.2, 0.25) is 0 Å². The van der Waals surface area contributed by atoms with Gasteiger partial charge < -0.3 is 20.1 Å². The molecule has 4 rings (SSSR count). The first-order valence-corrected chi connectivity index (χ1v) is 10.0. The maximum absolute atomic E-state index is 14.3. The van der Waals surface area contributed by atoms with Crippen LogP contribution in [0.3, 0.4) is 0 Å². The lowest BCUT2D eigenvalue weighted by molar-refractivity contribution is 0.0682. The van der Waals surface area contributed by atoms with Crippen LogP contribution in [0.25, 0.3) is 22.3 Å². The Morgan fingerprint density at radius 1 is 0.629 bits per heavy atom. The van der Waals surface area contributed by atoms with E-state index < -0.39 is 40.7 Å². The molecule has 0 aromatic heterocycles. The normalized spacial score (nSPS) is 10.7. The summed E-state index contributed by atoms with van der Waals surface area (Å²) in [6, 6.07) is 13.6. The summed E-state index contributed by atoms with van der Waals surface area (Å²) in [6.07, 6.45) is 0. The number of aromatic carboxylic acids is 2. The van der Waals surface area contributed by atoms with E-state index >= 15 is 0 Å². The molecule has 0 bridgehead atoms. The van der Waals surface area contributed by atoms with E-state index in [1.54, 1.807) is 0 Å². The van der Waals surface area contributed by atoms with Crippen LogP contribution in [0.15, 0.2) is 72.8 Å². The molecule has 0 radical (unpaired) electrons. The first-order chi connectivity index (χ1) is 16.6. The molecule has 0 amide bonds. The van der Waals surface area contributed by atoms with Crippen molar-refractivity contribution in [3.8, 4) is 39.5 Å². The van der Waals surface area contributed by atoms with Crippen LogP contribution in [0.2, 0.25) is 0 Å². The highest BCUT2D eigenvalue weighted by Gasteiger charge is 2.19. The van der Waals surface area contributed by atoms with Crippen molar-refractivity contribution in [3.63, 3.8) is 0 Å². The lowest BCUT2D eigenvalue weighted by atomic mass is 10.0. The molecule has 0 aliphatic rings. The van der Waals surface area contributed by atoms with Crippen LogP contribution < -0.4 is 4.74 Å². The number of hydrogen-bond acceptors (Lipinski definition) is 4. The topological polar surface area (TPSA) is 104 Å². The van der Waals surface area contributed by atoms with Crippen LogP contribution >= 0.6 is 0 Å². The van der Waals surface area contributed by atoms with E-state index in [-0.39, 0.29) is 39.3 Å². The predicted molar refractivity (Wildman–Crippen MR) is 119 cm³/mol. The number of benzene rings is 4. The third kappa shape index (κ3) is 4.79. The van der Waals surface area contributed by atoms with Gasteiger partial charge in [0, 0.05) is 23.3 Å². The largest absolute Gasteiger partial charge is 0.507 e. The average molecular weight is 480 g/mol.